The number of likely N-dealkylation sites (tertiary alicyclic amines) is 2. The highest BCUT2D eigenvalue weighted by molar-refractivity contribution is 6.35. The Hall–Kier alpha value is -0.970. The highest BCUT2D eigenvalue weighted by atomic mass is 35.5. The van der Waals surface area contributed by atoms with Crippen molar-refractivity contribution in [2.24, 2.45) is 5.92 Å². The van der Waals surface area contributed by atoms with Gasteiger partial charge in [0.25, 0.3) is 0 Å². The number of urea groups is 1. The average molecular weight is 342 g/mol. The van der Waals surface area contributed by atoms with Crippen molar-refractivity contribution in [3.05, 3.63) is 28.2 Å². The fourth-order valence-electron chi connectivity index (χ4n) is 3.62. The number of carbonyl (C=O) groups excluding carboxylic acids is 1. The number of rotatable bonds is 1. The van der Waals surface area contributed by atoms with Gasteiger partial charge in [-0.2, -0.15) is 0 Å². The second kappa shape index (κ2) is 6.65. The van der Waals surface area contributed by atoms with Crippen LogP contribution in [-0.2, 0) is 0 Å². The van der Waals surface area contributed by atoms with E-state index in [0.29, 0.717) is 27.7 Å². The van der Waals surface area contributed by atoms with Crippen molar-refractivity contribution >= 4 is 34.9 Å². The van der Waals surface area contributed by atoms with Crippen LogP contribution in [0.4, 0.5) is 10.5 Å². The van der Waals surface area contributed by atoms with Crippen molar-refractivity contribution < 1.29 is 4.79 Å². The summed E-state index contributed by atoms with van der Waals surface area (Å²) in [5, 5.41) is 4.00. The molecule has 120 valence electrons. The molecule has 1 N–H and O–H groups in total. The van der Waals surface area contributed by atoms with E-state index in [1.54, 1.807) is 18.2 Å². The molecule has 6 heteroatoms. The molecule has 0 spiro atoms. The number of anilines is 1. The number of piperidine rings is 2. The van der Waals surface area contributed by atoms with Gasteiger partial charge >= 0.3 is 6.03 Å². The Bertz CT molecular complexity index is 566. The monoisotopic (exact) mass is 341 g/mol. The Morgan fingerprint density at radius 1 is 1.27 bits per heavy atom. The molecule has 1 aromatic rings. The van der Waals surface area contributed by atoms with E-state index in [1.807, 2.05) is 4.90 Å². The number of nitrogens with one attached hydrogen (secondary N) is 1. The molecule has 0 radical (unpaired) electrons. The Kier molecular flexibility index (Phi) is 4.81. The van der Waals surface area contributed by atoms with Crippen molar-refractivity contribution in [2.75, 3.05) is 32.0 Å². The number of hydrogen-bond donors (Lipinski definition) is 1. The highest BCUT2D eigenvalue weighted by Gasteiger charge is 2.37. The number of benzene rings is 1. The molecular formula is C16H21Cl2N3O. The maximum Gasteiger partial charge on any atom is 0.322 e. The predicted octanol–water partition coefficient (Wildman–Crippen LogP) is 3.94. The second-order valence-corrected chi connectivity index (χ2v) is 7.11. The molecule has 0 aromatic heterocycles. The zero-order valence-corrected chi connectivity index (χ0v) is 14.2. The molecule has 2 atom stereocenters. The zero-order valence-electron chi connectivity index (χ0n) is 12.7. The summed E-state index contributed by atoms with van der Waals surface area (Å²) in [6, 6.07) is 5.38. The van der Waals surface area contributed by atoms with Crippen LogP contribution in [-0.4, -0.2) is 48.6 Å². The van der Waals surface area contributed by atoms with E-state index in [1.165, 1.54) is 6.42 Å². The largest absolute Gasteiger partial charge is 0.322 e. The van der Waals surface area contributed by atoms with E-state index in [-0.39, 0.29) is 6.03 Å². The van der Waals surface area contributed by atoms with Crippen LogP contribution in [0.3, 0.4) is 0 Å². The fourth-order valence-corrected chi connectivity index (χ4v) is 3.95. The molecule has 2 aliphatic rings. The van der Waals surface area contributed by atoms with Gasteiger partial charge in [0.05, 0.1) is 10.7 Å². The van der Waals surface area contributed by atoms with Gasteiger partial charge in [0.1, 0.15) is 0 Å². The number of carbonyl (C=O) groups is 1. The van der Waals surface area contributed by atoms with Crippen LogP contribution in [0.15, 0.2) is 18.2 Å². The normalized spacial score (nSPS) is 25.7. The molecule has 2 amide bonds. The molecule has 0 bridgehead atoms. The first-order chi connectivity index (χ1) is 10.5. The number of fused-ring (bicyclic) bond motifs is 1. The minimum absolute atomic E-state index is 0.0663. The molecule has 0 aliphatic carbocycles. The van der Waals surface area contributed by atoms with Crippen molar-refractivity contribution in [3.63, 3.8) is 0 Å². The van der Waals surface area contributed by atoms with Gasteiger partial charge in [-0.3, -0.25) is 0 Å². The Morgan fingerprint density at radius 2 is 2.09 bits per heavy atom. The molecule has 2 aliphatic heterocycles. The van der Waals surface area contributed by atoms with E-state index in [2.05, 4.69) is 17.3 Å². The zero-order chi connectivity index (χ0) is 15.7. The molecule has 2 heterocycles. The van der Waals surface area contributed by atoms with Crippen LogP contribution in [0.25, 0.3) is 0 Å². The van der Waals surface area contributed by atoms with Crippen molar-refractivity contribution in [2.45, 2.75) is 25.3 Å². The molecule has 1 aromatic carbocycles. The lowest BCUT2D eigenvalue weighted by Crippen LogP contribution is -2.56. The smallest absolute Gasteiger partial charge is 0.321 e. The van der Waals surface area contributed by atoms with Gasteiger partial charge in [-0.15, -0.1) is 0 Å². The molecular weight excluding hydrogens is 321 g/mol. The van der Waals surface area contributed by atoms with Crippen LogP contribution in [0, 0.1) is 5.92 Å². The van der Waals surface area contributed by atoms with Crippen molar-refractivity contribution in [3.8, 4) is 0 Å². The Labute approximate surface area is 141 Å². The van der Waals surface area contributed by atoms with Gasteiger partial charge in [-0.05, 0) is 57.0 Å². The fraction of sp³-hybridized carbons (Fsp3) is 0.562. The van der Waals surface area contributed by atoms with Crippen LogP contribution in [0.2, 0.25) is 10.0 Å². The van der Waals surface area contributed by atoms with Crippen LogP contribution < -0.4 is 5.32 Å². The molecule has 2 fully saturated rings. The van der Waals surface area contributed by atoms with Gasteiger partial charge in [0, 0.05) is 24.2 Å². The van der Waals surface area contributed by atoms with Gasteiger partial charge in [0.15, 0.2) is 0 Å². The van der Waals surface area contributed by atoms with Crippen LogP contribution >= 0.6 is 23.2 Å². The number of halogens is 2. The molecule has 0 unspecified atom stereocenters. The summed E-state index contributed by atoms with van der Waals surface area (Å²) in [5.41, 5.74) is 0.578. The highest BCUT2D eigenvalue weighted by Crippen LogP contribution is 2.31. The standard InChI is InChI=1S/C16H21Cl2N3O/c1-20-8-6-15-11(10-20)3-2-7-21(15)16(22)19-14-9-12(17)4-5-13(14)18/h4-5,9,11,15H,2-3,6-8,10H2,1H3,(H,19,22)/t11-,15+/m0/s1. The van der Waals surface area contributed by atoms with Gasteiger partial charge < -0.3 is 15.1 Å². The number of amides is 2. The Morgan fingerprint density at radius 3 is 2.91 bits per heavy atom. The minimum Gasteiger partial charge on any atom is -0.321 e. The van der Waals surface area contributed by atoms with E-state index in [0.717, 1.165) is 32.5 Å². The third-order valence-electron chi connectivity index (χ3n) is 4.70. The lowest BCUT2D eigenvalue weighted by atomic mass is 9.84. The Balaban J connectivity index is 1.72. The molecule has 4 nitrogen and oxygen atoms in total. The molecule has 2 saturated heterocycles. The van der Waals surface area contributed by atoms with Crippen molar-refractivity contribution in [1.29, 1.82) is 0 Å². The lowest BCUT2D eigenvalue weighted by molar-refractivity contribution is 0.0579. The average Bonchev–Trinajstić information content (AvgIpc) is 2.50. The first-order valence-electron chi connectivity index (χ1n) is 7.76. The number of hydrogen-bond acceptors (Lipinski definition) is 2. The molecule has 3 rings (SSSR count). The summed E-state index contributed by atoms with van der Waals surface area (Å²) in [7, 11) is 2.15. The topological polar surface area (TPSA) is 35.6 Å². The number of nitrogens with zero attached hydrogens (tertiary/aromatic N) is 2. The first kappa shape index (κ1) is 15.9. The quantitative estimate of drug-likeness (QED) is 0.839. The summed E-state index contributed by atoms with van der Waals surface area (Å²) >= 11 is 12.1. The lowest BCUT2D eigenvalue weighted by Gasteiger charge is -2.46. The summed E-state index contributed by atoms with van der Waals surface area (Å²) in [4.78, 5) is 17.0. The van der Waals surface area contributed by atoms with Crippen LogP contribution in [0.5, 0.6) is 0 Å². The SMILES string of the molecule is CN1CC[C@@H]2[C@@H](CCCN2C(=O)Nc2cc(Cl)ccc2Cl)C1. The molecule has 0 saturated carbocycles. The van der Waals surface area contributed by atoms with Crippen molar-refractivity contribution in [1.82, 2.24) is 9.80 Å². The van der Waals surface area contributed by atoms with E-state index >= 15 is 0 Å². The van der Waals surface area contributed by atoms with Gasteiger partial charge in [0.2, 0.25) is 0 Å². The summed E-state index contributed by atoms with van der Waals surface area (Å²) in [6.07, 6.45) is 3.31. The summed E-state index contributed by atoms with van der Waals surface area (Å²) in [6.45, 7) is 2.93. The third-order valence-corrected chi connectivity index (χ3v) is 5.27. The predicted molar refractivity (Wildman–Crippen MR) is 90.8 cm³/mol. The minimum atomic E-state index is -0.0663. The van der Waals surface area contributed by atoms with Gasteiger partial charge in [-0.1, -0.05) is 23.2 Å². The maximum atomic E-state index is 12.7. The van der Waals surface area contributed by atoms with Crippen LogP contribution in [0.1, 0.15) is 19.3 Å². The van der Waals surface area contributed by atoms with E-state index in [9.17, 15) is 4.79 Å². The summed E-state index contributed by atoms with van der Waals surface area (Å²) < 4.78 is 0. The summed E-state index contributed by atoms with van der Waals surface area (Å²) in [5.74, 6) is 0.577. The maximum absolute atomic E-state index is 12.7. The third kappa shape index (κ3) is 3.34. The molecule has 22 heavy (non-hydrogen) atoms. The van der Waals surface area contributed by atoms with E-state index in [4.69, 9.17) is 23.2 Å². The second-order valence-electron chi connectivity index (χ2n) is 6.27. The first-order valence-corrected chi connectivity index (χ1v) is 8.51. The van der Waals surface area contributed by atoms with Gasteiger partial charge in [-0.25, -0.2) is 4.79 Å². The van der Waals surface area contributed by atoms with E-state index < -0.39 is 0 Å².